The lowest BCUT2D eigenvalue weighted by Gasteiger charge is -2.22. The zero-order valence-corrected chi connectivity index (χ0v) is 11.4. The molecule has 0 amide bonds. The second kappa shape index (κ2) is 6.77. The predicted molar refractivity (Wildman–Crippen MR) is 69.9 cm³/mol. The molecule has 0 aliphatic carbocycles. The summed E-state index contributed by atoms with van der Waals surface area (Å²) >= 11 is 0. The molecule has 0 aliphatic heterocycles. The van der Waals surface area contributed by atoms with E-state index in [-0.39, 0.29) is 6.10 Å². The van der Waals surface area contributed by atoms with Gasteiger partial charge in [0.1, 0.15) is 0 Å². The van der Waals surface area contributed by atoms with Crippen molar-refractivity contribution in [3.8, 4) is 0 Å². The quantitative estimate of drug-likeness (QED) is 0.792. The summed E-state index contributed by atoms with van der Waals surface area (Å²) in [5, 5.41) is 0. The molecule has 0 aromatic carbocycles. The van der Waals surface area contributed by atoms with Crippen molar-refractivity contribution in [2.24, 2.45) is 11.7 Å². The van der Waals surface area contributed by atoms with Crippen LogP contribution >= 0.6 is 0 Å². The van der Waals surface area contributed by atoms with Gasteiger partial charge >= 0.3 is 0 Å². The Hall–Kier alpha value is -0.870. The molecule has 0 bridgehead atoms. The van der Waals surface area contributed by atoms with Crippen LogP contribution in [0.15, 0.2) is 12.5 Å². The number of aromatic nitrogens is 2. The van der Waals surface area contributed by atoms with Gasteiger partial charge in [-0.05, 0) is 19.8 Å². The van der Waals surface area contributed by atoms with Gasteiger partial charge in [-0.25, -0.2) is 4.98 Å². The summed E-state index contributed by atoms with van der Waals surface area (Å²) in [6.07, 6.45) is 4.00. The second-order valence-electron chi connectivity index (χ2n) is 4.82. The summed E-state index contributed by atoms with van der Waals surface area (Å²) in [7, 11) is 0. The highest BCUT2D eigenvalue weighted by Gasteiger charge is 2.18. The average Bonchev–Trinajstić information content (AvgIpc) is 2.67. The smallest absolute Gasteiger partial charge is 0.0949 e. The largest absolute Gasteiger partial charge is 0.377 e. The fourth-order valence-corrected chi connectivity index (χ4v) is 2.14. The first-order valence-corrected chi connectivity index (χ1v) is 6.41. The Labute approximate surface area is 104 Å². The Balaban J connectivity index is 2.77. The molecule has 0 aliphatic rings. The van der Waals surface area contributed by atoms with Gasteiger partial charge in [-0.1, -0.05) is 13.8 Å². The molecule has 0 saturated carbocycles. The Morgan fingerprint density at radius 3 is 2.65 bits per heavy atom. The molecular weight excluding hydrogens is 214 g/mol. The van der Waals surface area contributed by atoms with Gasteiger partial charge in [0.05, 0.1) is 12.4 Å². The summed E-state index contributed by atoms with van der Waals surface area (Å²) < 4.78 is 7.73. The van der Waals surface area contributed by atoms with E-state index in [0.29, 0.717) is 18.4 Å². The van der Waals surface area contributed by atoms with Crippen molar-refractivity contribution in [1.29, 1.82) is 0 Å². The molecule has 0 saturated heterocycles. The van der Waals surface area contributed by atoms with Gasteiger partial charge in [-0.15, -0.1) is 0 Å². The number of ether oxygens (including phenoxy) is 1. The maximum atomic E-state index is 5.85. The Morgan fingerprint density at radius 1 is 1.41 bits per heavy atom. The third-order valence-corrected chi connectivity index (χ3v) is 3.09. The number of rotatable bonds is 7. The van der Waals surface area contributed by atoms with Crippen LogP contribution in [0.3, 0.4) is 0 Å². The van der Waals surface area contributed by atoms with Crippen LogP contribution in [0.4, 0.5) is 0 Å². The predicted octanol–water partition coefficient (Wildman–Crippen LogP) is 2.01. The van der Waals surface area contributed by atoms with Gasteiger partial charge in [-0.3, -0.25) is 0 Å². The molecule has 4 heteroatoms. The first kappa shape index (κ1) is 14.2. The molecule has 17 heavy (non-hydrogen) atoms. The van der Waals surface area contributed by atoms with Crippen LogP contribution in [-0.2, 0) is 11.3 Å². The zero-order chi connectivity index (χ0) is 12.8. The highest BCUT2D eigenvalue weighted by atomic mass is 16.5. The van der Waals surface area contributed by atoms with Crippen LogP contribution in [0.1, 0.15) is 39.3 Å². The highest BCUT2D eigenvalue weighted by Crippen LogP contribution is 2.23. The van der Waals surface area contributed by atoms with Crippen LogP contribution in [0.5, 0.6) is 0 Å². The number of hydrogen-bond acceptors (Lipinski definition) is 3. The monoisotopic (exact) mass is 239 g/mol. The van der Waals surface area contributed by atoms with Gasteiger partial charge < -0.3 is 15.0 Å². The van der Waals surface area contributed by atoms with Crippen molar-refractivity contribution in [3.63, 3.8) is 0 Å². The van der Waals surface area contributed by atoms with Crippen molar-refractivity contribution in [2.75, 3.05) is 13.2 Å². The Morgan fingerprint density at radius 2 is 2.12 bits per heavy atom. The number of imidazole rings is 1. The van der Waals surface area contributed by atoms with Crippen LogP contribution in [-0.4, -0.2) is 28.8 Å². The summed E-state index contributed by atoms with van der Waals surface area (Å²) in [6.45, 7) is 10.7. The maximum Gasteiger partial charge on any atom is 0.0949 e. The minimum Gasteiger partial charge on any atom is -0.377 e. The third kappa shape index (κ3) is 3.82. The van der Waals surface area contributed by atoms with Gasteiger partial charge in [0, 0.05) is 37.5 Å². The van der Waals surface area contributed by atoms with E-state index in [9.17, 15) is 0 Å². The van der Waals surface area contributed by atoms with Gasteiger partial charge in [-0.2, -0.15) is 0 Å². The van der Waals surface area contributed by atoms with Gasteiger partial charge in [0.2, 0.25) is 0 Å². The van der Waals surface area contributed by atoms with Gasteiger partial charge in [0.25, 0.3) is 0 Å². The number of nitrogens with zero attached hydrogens (tertiary/aromatic N) is 2. The third-order valence-electron chi connectivity index (χ3n) is 3.09. The molecule has 1 aromatic heterocycles. The molecule has 2 N–H and O–H groups in total. The molecule has 4 nitrogen and oxygen atoms in total. The van der Waals surface area contributed by atoms with Crippen LogP contribution in [0, 0.1) is 5.92 Å². The molecule has 1 aromatic rings. The fourth-order valence-electron chi connectivity index (χ4n) is 2.14. The van der Waals surface area contributed by atoms with Crippen molar-refractivity contribution in [3.05, 3.63) is 18.2 Å². The van der Waals surface area contributed by atoms with Crippen molar-refractivity contribution in [2.45, 2.75) is 46.3 Å². The summed E-state index contributed by atoms with van der Waals surface area (Å²) in [4.78, 5) is 4.24. The normalized spacial score (nSPS) is 15.2. The minimum absolute atomic E-state index is 0.207. The molecule has 2 atom stereocenters. The maximum absolute atomic E-state index is 5.85. The van der Waals surface area contributed by atoms with Crippen molar-refractivity contribution in [1.82, 2.24) is 9.55 Å². The average molecular weight is 239 g/mol. The van der Waals surface area contributed by atoms with Crippen LogP contribution in [0.25, 0.3) is 0 Å². The van der Waals surface area contributed by atoms with E-state index < -0.39 is 0 Å². The van der Waals surface area contributed by atoms with E-state index in [0.717, 1.165) is 13.2 Å². The van der Waals surface area contributed by atoms with Crippen LogP contribution < -0.4 is 5.73 Å². The number of nitrogens with two attached hydrogens (primary N) is 1. The minimum atomic E-state index is 0.207. The van der Waals surface area contributed by atoms with Crippen molar-refractivity contribution < 1.29 is 4.74 Å². The van der Waals surface area contributed by atoms with E-state index in [1.165, 1.54) is 5.69 Å². The molecule has 0 radical (unpaired) electrons. The lowest BCUT2D eigenvalue weighted by molar-refractivity contribution is 0.0631. The Bertz CT molecular complexity index is 322. The molecule has 0 spiro atoms. The summed E-state index contributed by atoms with van der Waals surface area (Å²) in [5.74, 6) is 0.893. The van der Waals surface area contributed by atoms with E-state index in [2.05, 4.69) is 30.3 Å². The second-order valence-corrected chi connectivity index (χ2v) is 4.82. The van der Waals surface area contributed by atoms with E-state index >= 15 is 0 Å². The summed E-state index contributed by atoms with van der Waals surface area (Å²) in [5.41, 5.74) is 7.07. The number of hydrogen-bond donors (Lipinski definition) is 1. The SMILES string of the molecule is CCOC(C)Cn1cncc1C(CN)C(C)C. The first-order valence-electron chi connectivity index (χ1n) is 6.41. The molecule has 2 unspecified atom stereocenters. The fraction of sp³-hybridized carbons (Fsp3) is 0.769. The van der Waals surface area contributed by atoms with E-state index in [4.69, 9.17) is 10.5 Å². The van der Waals surface area contributed by atoms with E-state index in [1.54, 1.807) is 0 Å². The molecular formula is C13H25N3O. The molecule has 1 heterocycles. The summed E-state index contributed by atoms with van der Waals surface area (Å²) in [6, 6.07) is 0. The lowest BCUT2D eigenvalue weighted by atomic mass is 9.93. The topological polar surface area (TPSA) is 53.1 Å². The molecule has 98 valence electrons. The Kier molecular flexibility index (Phi) is 5.65. The van der Waals surface area contributed by atoms with E-state index in [1.807, 2.05) is 19.4 Å². The zero-order valence-electron chi connectivity index (χ0n) is 11.4. The molecule has 1 rings (SSSR count). The first-order chi connectivity index (χ1) is 8.10. The lowest BCUT2D eigenvalue weighted by Crippen LogP contribution is -2.24. The molecule has 0 fully saturated rings. The van der Waals surface area contributed by atoms with Crippen LogP contribution in [0.2, 0.25) is 0 Å². The van der Waals surface area contributed by atoms with Gasteiger partial charge in [0.15, 0.2) is 0 Å². The standard InChI is InChI=1S/C13H25N3O/c1-5-17-11(4)8-16-9-15-7-13(16)12(6-14)10(2)3/h7,9-12H,5-6,8,14H2,1-4H3. The highest BCUT2D eigenvalue weighted by molar-refractivity contribution is 5.08. The van der Waals surface area contributed by atoms with Crippen molar-refractivity contribution >= 4 is 0 Å².